The molecule has 1 N–H and O–H groups in total. The molecule has 10 heavy (non-hydrogen) atoms. The second-order valence-corrected chi connectivity index (χ2v) is 2.09. The fourth-order valence-electron chi connectivity index (χ4n) is 0.625. The maximum absolute atomic E-state index is 12.2. The summed E-state index contributed by atoms with van der Waals surface area (Å²) in [7, 11) is 0. The molecule has 1 rings (SSSR count). The molecule has 1 heterocycles. The zero-order valence-corrected chi connectivity index (χ0v) is 5.22. The Morgan fingerprint density at radius 2 is 1.90 bits per heavy atom. The van der Waals surface area contributed by atoms with Crippen LogP contribution in [0.4, 0.5) is 8.78 Å². The molecule has 5 heteroatoms. The van der Waals surface area contributed by atoms with Gasteiger partial charge in [-0.05, 0) is 0 Å². The Hall–Kier alpha value is -0.260. The van der Waals surface area contributed by atoms with Gasteiger partial charge in [-0.2, -0.15) is 0 Å². The lowest BCUT2D eigenvalue weighted by molar-refractivity contribution is -0.275. The molecule has 0 saturated carbocycles. The van der Waals surface area contributed by atoms with E-state index in [4.69, 9.17) is 5.11 Å². The van der Waals surface area contributed by atoms with Gasteiger partial charge in [0.15, 0.2) is 6.29 Å². The number of rotatable bonds is 1. The molecular weight excluding hydrogens is 146 g/mol. The van der Waals surface area contributed by atoms with Crippen molar-refractivity contribution in [2.75, 3.05) is 19.8 Å². The SMILES string of the molecule is OCC1OCC(F)(F)CO1. The average Bonchev–Trinajstić information content (AvgIpc) is 1.88. The number of alkyl halides is 2. The van der Waals surface area contributed by atoms with Crippen LogP contribution < -0.4 is 0 Å². The van der Waals surface area contributed by atoms with Crippen molar-refractivity contribution in [1.29, 1.82) is 0 Å². The Balaban J connectivity index is 2.31. The normalized spacial score (nSPS) is 26.7. The van der Waals surface area contributed by atoms with Crippen LogP contribution in [0.2, 0.25) is 0 Å². The Labute approximate surface area is 56.5 Å². The summed E-state index contributed by atoms with van der Waals surface area (Å²) in [4.78, 5) is 0. The molecule has 1 aliphatic rings. The van der Waals surface area contributed by atoms with Crippen LogP contribution in [0.25, 0.3) is 0 Å². The molecule has 0 spiro atoms. The van der Waals surface area contributed by atoms with Gasteiger partial charge in [0, 0.05) is 0 Å². The zero-order valence-electron chi connectivity index (χ0n) is 5.22. The van der Waals surface area contributed by atoms with Crippen LogP contribution in [-0.2, 0) is 9.47 Å². The van der Waals surface area contributed by atoms with E-state index < -0.39 is 25.4 Å². The topological polar surface area (TPSA) is 38.7 Å². The molecule has 0 aromatic rings. The van der Waals surface area contributed by atoms with Crippen LogP contribution in [0.3, 0.4) is 0 Å². The van der Waals surface area contributed by atoms with E-state index >= 15 is 0 Å². The Kier molecular flexibility index (Phi) is 2.18. The van der Waals surface area contributed by atoms with Gasteiger partial charge >= 0.3 is 0 Å². The Morgan fingerprint density at radius 1 is 1.40 bits per heavy atom. The summed E-state index contributed by atoms with van der Waals surface area (Å²) in [5.41, 5.74) is 0. The van der Waals surface area contributed by atoms with Crippen LogP contribution in [-0.4, -0.2) is 37.1 Å². The summed E-state index contributed by atoms with van der Waals surface area (Å²) in [6.45, 7) is -1.72. The molecule has 1 fully saturated rings. The molecule has 3 nitrogen and oxygen atoms in total. The molecule has 0 amide bonds. The molecule has 0 aliphatic carbocycles. The minimum atomic E-state index is -2.90. The Bertz CT molecular complexity index is 107. The van der Waals surface area contributed by atoms with E-state index in [2.05, 4.69) is 9.47 Å². The van der Waals surface area contributed by atoms with Gasteiger partial charge in [0.1, 0.15) is 13.2 Å². The van der Waals surface area contributed by atoms with Gasteiger partial charge in [-0.1, -0.05) is 0 Å². The highest BCUT2D eigenvalue weighted by Gasteiger charge is 2.36. The lowest BCUT2D eigenvalue weighted by Gasteiger charge is -2.27. The maximum Gasteiger partial charge on any atom is 0.293 e. The average molecular weight is 154 g/mol. The maximum atomic E-state index is 12.2. The number of hydrogen-bond acceptors (Lipinski definition) is 3. The third-order valence-corrected chi connectivity index (χ3v) is 1.11. The van der Waals surface area contributed by atoms with Gasteiger partial charge in [0.25, 0.3) is 5.92 Å². The van der Waals surface area contributed by atoms with E-state index in [9.17, 15) is 8.78 Å². The highest BCUT2D eigenvalue weighted by Crippen LogP contribution is 2.20. The third-order valence-electron chi connectivity index (χ3n) is 1.11. The van der Waals surface area contributed by atoms with E-state index in [1.165, 1.54) is 0 Å². The highest BCUT2D eigenvalue weighted by molar-refractivity contribution is 4.68. The highest BCUT2D eigenvalue weighted by atomic mass is 19.3. The van der Waals surface area contributed by atoms with Crippen LogP contribution in [0.15, 0.2) is 0 Å². The number of hydrogen-bond donors (Lipinski definition) is 1. The first-order valence-corrected chi connectivity index (χ1v) is 2.86. The van der Waals surface area contributed by atoms with E-state index in [0.717, 1.165) is 0 Å². The van der Waals surface area contributed by atoms with Crippen molar-refractivity contribution in [3.63, 3.8) is 0 Å². The third kappa shape index (κ3) is 1.86. The van der Waals surface area contributed by atoms with Gasteiger partial charge in [0.2, 0.25) is 0 Å². The van der Waals surface area contributed by atoms with Crippen molar-refractivity contribution in [3.05, 3.63) is 0 Å². The summed E-state index contributed by atoms with van der Waals surface area (Å²) < 4.78 is 33.2. The lowest BCUT2D eigenvalue weighted by atomic mass is 10.3. The van der Waals surface area contributed by atoms with Crippen LogP contribution >= 0.6 is 0 Å². The predicted octanol–water partition coefficient (Wildman–Crippen LogP) is -0.0131. The van der Waals surface area contributed by atoms with Gasteiger partial charge < -0.3 is 14.6 Å². The second-order valence-electron chi connectivity index (χ2n) is 2.09. The summed E-state index contributed by atoms with van der Waals surface area (Å²) in [5, 5.41) is 8.37. The fraction of sp³-hybridized carbons (Fsp3) is 1.00. The molecule has 0 radical (unpaired) electrons. The molecular formula is C5H8F2O3. The first kappa shape index (κ1) is 7.84. The molecule has 60 valence electrons. The second kappa shape index (κ2) is 2.77. The number of aliphatic hydroxyl groups is 1. The quantitative estimate of drug-likeness (QED) is 0.577. The van der Waals surface area contributed by atoms with Gasteiger partial charge in [-0.3, -0.25) is 0 Å². The molecule has 1 saturated heterocycles. The number of ether oxygens (including phenoxy) is 2. The van der Waals surface area contributed by atoms with Crippen LogP contribution in [0, 0.1) is 0 Å². The van der Waals surface area contributed by atoms with Crippen molar-refractivity contribution in [1.82, 2.24) is 0 Å². The van der Waals surface area contributed by atoms with E-state index in [-0.39, 0.29) is 6.61 Å². The van der Waals surface area contributed by atoms with Gasteiger partial charge in [0.05, 0.1) is 6.61 Å². The minimum Gasteiger partial charge on any atom is -0.391 e. The lowest BCUT2D eigenvalue weighted by Crippen LogP contribution is -2.42. The number of halogens is 2. The van der Waals surface area contributed by atoms with Crippen LogP contribution in [0.1, 0.15) is 0 Å². The van der Waals surface area contributed by atoms with E-state index in [0.29, 0.717) is 0 Å². The standard InChI is InChI=1S/C5H8F2O3/c6-5(7)2-9-4(1-8)10-3-5/h4,8H,1-3H2. The first-order valence-electron chi connectivity index (χ1n) is 2.86. The fourth-order valence-corrected chi connectivity index (χ4v) is 0.625. The summed E-state index contributed by atoms with van der Waals surface area (Å²) in [6.07, 6.45) is -0.875. The summed E-state index contributed by atoms with van der Waals surface area (Å²) >= 11 is 0. The van der Waals surface area contributed by atoms with Crippen molar-refractivity contribution < 1.29 is 23.4 Å². The van der Waals surface area contributed by atoms with E-state index in [1.807, 2.05) is 0 Å². The van der Waals surface area contributed by atoms with Crippen molar-refractivity contribution in [2.24, 2.45) is 0 Å². The molecule has 1 aliphatic heterocycles. The largest absolute Gasteiger partial charge is 0.391 e. The summed E-state index contributed by atoms with van der Waals surface area (Å²) in [5.74, 6) is -2.90. The monoisotopic (exact) mass is 154 g/mol. The number of aliphatic hydroxyl groups excluding tert-OH is 1. The molecule has 0 unspecified atom stereocenters. The molecule has 0 aromatic heterocycles. The van der Waals surface area contributed by atoms with Gasteiger partial charge in [-0.25, -0.2) is 8.78 Å². The van der Waals surface area contributed by atoms with Crippen LogP contribution in [0.5, 0.6) is 0 Å². The smallest absolute Gasteiger partial charge is 0.293 e. The van der Waals surface area contributed by atoms with E-state index in [1.54, 1.807) is 0 Å². The summed E-state index contributed by atoms with van der Waals surface area (Å²) in [6, 6.07) is 0. The van der Waals surface area contributed by atoms with Crippen molar-refractivity contribution in [3.8, 4) is 0 Å². The Morgan fingerprint density at radius 3 is 2.30 bits per heavy atom. The predicted molar refractivity (Wildman–Crippen MR) is 27.7 cm³/mol. The van der Waals surface area contributed by atoms with Gasteiger partial charge in [-0.15, -0.1) is 0 Å². The first-order chi connectivity index (χ1) is 4.64. The van der Waals surface area contributed by atoms with Crippen molar-refractivity contribution >= 4 is 0 Å². The molecule has 0 atom stereocenters. The molecule has 0 aromatic carbocycles. The molecule has 0 bridgehead atoms. The zero-order chi connectivity index (χ0) is 7.61. The van der Waals surface area contributed by atoms with Crippen molar-refractivity contribution in [2.45, 2.75) is 12.2 Å². The minimum absolute atomic E-state index is 0.379.